The predicted octanol–water partition coefficient (Wildman–Crippen LogP) is 0.630. The molecule has 2 rings (SSSR count). The van der Waals surface area contributed by atoms with Crippen molar-refractivity contribution in [3.05, 3.63) is 34.9 Å². The van der Waals surface area contributed by atoms with Gasteiger partial charge in [0.25, 0.3) is 0 Å². The normalized spacial score (nSPS) is 18.5. The fourth-order valence-electron chi connectivity index (χ4n) is 2.37. The first-order chi connectivity index (χ1) is 8.06. The Morgan fingerprint density at radius 1 is 1.35 bits per heavy atom. The summed E-state index contributed by atoms with van der Waals surface area (Å²) in [5, 5.41) is 19.4. The maximum absolute atomic E-state index is 10.8. The van der Waals surface area contributed by atoms with Crippen LogP contribution >= 0.6 is 0 Å². The van der Waals surface area contributed by atoms with Crippen molar-refractivity contribution in [1.82, 2.24) is 0 Å². The second-order valence-electron chi connectivity index (χ2n) is 4.47. The fourth-order valence-corrected chi connectivity index (χ4v) is 2.37. The Kier molecular flexibility index (Phi) is 3.13. The van der Waals surface area contributed by atoms with Gasteiger partial charge in [0.2, 0.25) is 0 Å². The van der Waals surface area contributed by atoms with Crippen LogP contribution in [0.1, 0.15) is 34.3 Å². The SMILES string of the molecule is O=C([O-])CC1CCc2cc(C(=O)O)ccc2C1. The molecule has 1 aliphatic rings. The zero-order chi connectivity index (χ0) is 12.4. The molecule has 1 aromatic rings. The van der Waals surface area contributed by atoms with Gasteiger partial charge in [0.15, 0.2) is 0 Å². The lowest BCUT2D eigenvalue weighted by Gasteiger charge is -2.25. The van der Waals surface area contributed by atoms with Crippen LogP contribution in [0, 0.1) is 5.92 Å². The third kappa shape index (κ3) is 2.64. The van der Waals surface area contributed by atoms with Crippen molar-refractivity contribution in [1.29, 1.82) is 0 Å². The summed E-state index contributed by atoms with van der Waals surface area (Å²) < 4.78 is 0. The number of carboxylic acids is 2. The molecule has 0 aliphatic heterocycles. The quantitative estimate of drug-likeness (QED) is 0.830. The summed E-state index contributed by atoms with van der Waals surface area (Å²) in [7, 11) is 0. The Bertz CT molecular complexity index is 464. The van der Waals surface area contributed by atoms with E-state index in [2.05, 4.69) is 0 Å². The van der Waals surface area contributed by atoms with Crippen LogP contribution in [0.2, 0.25) is 0 Å². The number of carboxylic acid groups (broad SMARTS) is 2. The van der Waals surface area contributed by atoms with Crippen LogP contribution in [-0.2, 0) is 17.6 Å². The average Bonchev–Trinajstić information content (AvgIpc) is 2.27. The first-order valence-electron chi connectivity index (χ1n) is 5.61. The number of carbonyl (C=O) groups excluding carboxylic acids is 1. The Hall–Kier alpha value is -1.84. The van der Waals surface area contributed by atoms with Crippen molar-refractivity contribution in [3.8, 4) is 0 Å². The molecule has 1 unspecified atom stereocenters. The molecule has 0 saturated carbocycles. The minimum atomic E-state index is -1.01. The van der Waals surface area contributed by atoms with Gasteiger partial charge in [-0.15, -0.1) is 0 Å². The molecule has 0 bridgehead atoms. The summed E-state index contributed by atoms with van der Waals surface area (Å²) in [4.78, 5) is 21.3. The Morgan fingerprint density at radius 2 is 2.12 bits per heavy atom. The third-order valence-electron chi connectivity index (χ3n) is 3.24. The van der Waals surface area contributed by atoms with Crippen LogP contribution in [-0.4, -0.2) is 17.0 Å². The fraction of sp³-hybridized carbons (Fsp3) is 0.385. The second-order valence-corrected chi connectivity index (χ2v) is 4.47. The van der Waals surface area contributed by atoms with Crippen LogP contribution in [0.25, 0.3) is 0 Å². The molecular formula is C13H13O4-. The highest BCUT2D eigenvalue weighted by atomic mass is 16.4. The summed E-state index contributed by atoms with van der Waals surface area (Å²) in [5.74, 6) is -1.83. The molecule has 0 spiro atoms. The van der Waals surface area contributed by atoms with Crippen molar-refractivity contribution in [3.63, 3.8) is 0 Å². The van der Waals surface area contributed by atoms with Gasteiger partial charge in [-0.2, -0.15) is 0 Å². The number of fused-ring (bicyclic) bond motifs is 1. The predicted molar refractivity (Wildman–Crippen MR) is 58.5 cm³/mol. The van der Waals surface area contributed by atoms with E-state index in [4.69, 9.17) is 5.11 Å². The molecule has 4 nitrogen and oxygen atoms in total. The molecule has 90 valence electrons. The molecule has 17 heavy (non-hydrogen) atoms. The number of rotatable bonds is 3. The number of hydrogen-bond donors (Lipinski definition) is 1. The molecule has 0 saturated heterocycles. The lowest BCUT2D eigenvalue weighted by atomic mass is 9.81. The first-order valence-corrected chi connectivity index (χ1v) is 5.61. The largest absolute Gasteiger partial charge is 0.550 e. The lowest BCUT2D eigenvalue weighted by Crippen LogP contribution is -2.27. The zero-order valence-corrected chi connectivity index (χ0v) is 9.31. The summed E-state index contributed by atoms with van der Waals surface area (Å²) in [6.07, 6.45) is 2.31. The third-order valence-corrected chi connectivity index (χ3v) is 3.24. The molecule has 1 aliphatic carbocycles. The molecule has 1 aromatic carbocycles. The maximum Gasteiger partial charge on any atom is 0.335 e. The van der Waals surface area contributed by atoms with E-state index in [1.54, 1.807) is 18.2 Å². The van der Waals surface area contributed by atoms with E-state index >= 15 is 0 Å². The van der Waals surface area contributed by atoms with Crippen LogP contribution in [0.15, 0.2) is 18.2 Å². The van der Waals surface area contributed by atoms with Gasteiger partial charge < -0.3 is 15.0 Å². The number of benzene rings is 1. The number of aryl methyl sites for hydroxylation is 1. The van der Waals surface area contributed by atoms with Gasteiger partial charge in [0.05, 0.1) is 5.56 Å². The Morgan fingerprint density at radius 3 is 2.76 bits per heavy atom. The number of hydrogen-bond acceptors (Lipinski definition) is 3. The monoisotopic (exact) mass is 233 g/mol. The van der Waals surface area contributed by atoms with Crippen LogP contribution in [0.3, 0.4) is 0 Å². The topological polar surface area (TPSA) is 77.4 Å². The molecule has 0 fully saturated rings. The van der Waals surface area contributed by atoms with Gasteiger partial charge in [0.1, 0.15) is 0 Å². The molecule has 0 radical (unpaired) electrons. The van der Waals surface area contributed by atoms with Crippen molar-refractivity contribution < 1.29 is 19.8 Å². The highest BCUT2D eigenvalue weighted by molar-refractivity contribution is 5.87. The average molecular weight is 233 g/mol. The molecule has 0 heterocycles. The molecule has 0 aromatic heterocycles. The Balaban J connectivity index is 2.17. The van der Waals surface area contributed by atoms with Crippen molar-refractivity contribution in [2.24, 2.45) is 5.92 Å². The molecule has 1 atom stereocenters. The minimum absolute atomic E-state index is 0.0835. The van der Waals surface area contributed by atoms with Gasteiger partial charge in [0, 0.05) is 5.97 Å². The zero-order valence-electron chi connectivity index (χ0n) is 9.31. The van der Waals surface area contributed by atoms with Gasteiger partial charge >= 0.3 is 5.97 Å². The highest BCUT2D eigenvalue weighted by Gasteiger charge is 2.19. The summed E-state index contributed by atoms with van der Waals surface area (Å²) >= 11 is 0. The number of aromatic carboxylic acids is 1. The standard InChI is InChI=1S/C13H14O4/c14-12(15)6-8-1-2-10-7-11(13(16)17)4-3-9(10)5-8/h3-4,7-8H,1-2,5-6H2,(H,14,15)(H,16,17)/p-1. The van der Waals surface area contributed by atoms with Crippen LogP contribution < -0.4 is 5.11 Å². The van der Waals surface area contributed by atoms with Crippen molar-refractivity contribution >= 4 is 11.9 Å². The van der Waals surface area contributed by atoms with E-state index in [0.717, 1.165) is 24.0 Å². The molecule has 0 amide bonds. The molecule has 1 N–H and O–H groups in total. The minimum Gasteiger partial charge on any atom is -0.550 e. The maximum atomic E-state index is 10.8. The molecular weight excluding hydrogens is 220 g/mol. The van der Waals surface area contributed by atoms with Gasteiger partial charge in [-0.05, 0) is 54.9 Å². The number of carbonyl (C=O) groups is 2. The van der Waals surface area contributed by atoms with E-state index in [0.29, 0.717) is 12.0 Å². The van der Waals surface area contributed by atoms with E-state index in [1.165, 1.54) is 0 Å². The van der Waals surface area contributed by atoms with E-state index in [9.17, 15) is 14.7 Å². The lowest BCUT2D eigenvalue weighted by molar-refractivity contribution is -0.306. The van der Waals surface area contributed by atoms with E-state index in [-0.39, 0.29) is 12.3 Å². The highest BCUT2D eigenvalue weighted by Crippen LogP contribution is 2.28. The van der Waals surface area contributed by atoms with E-state index in [1.807, 2.05) is 0 Å². The van der Waals surface area contributed by atoms with Gasteiger partial charge in [-0.25, -0.2) is 4.79 Å². The second kappa shape index (κ2) is 4.57. The summed E-state index contributed by atoms with van der Waals surface area (Å²) in [6, 6.07) is 5.05. The summed E-state index contributed by atoms with van der Waals surface area (Å²) in [5.41, 5.74) is 2.38. The van der Waals surface area contributed by atoms with E-state index < -0.39 is 11.9 Å². The van der Waals surface area contributed by atoms with Crippen molar-refractivity contribution in [2.75, 3.05) is 0 Å². The van der Waals surface area contributed by atoms with Crippen LogP contribution in [0.4, 0.5) is 0 Å². The summed E-state index contributed by atoms with van der Waals surface area (Å²) in [6.45, 7) is 0. The van der Waals surface area contributed by atoms with Gasteiger partial charge in [-0.3, -0.25) is 0 Å². The first kappa shape index (κ1) is 11.6. The van der Waals surface area contributed by atoms with Gasteiger partial charge in [-0.1, -0.05) is 6.07 Å². The smallest absolute Gasteiger partial charge is 0.335 e. The van der Waals surface area contributed by atoms with Crippen molar-refractivity contribution in [2.45, 2.75) is 25.7 Å². The molecule has 4 heteroatoms. The Labute approximate surface area is 98.9 Å². The van der Waals surface area contributed by atoms with Crippen LogP contribution in [0.5, 0.6) is 0 Å². The number of aliphatic carboxylic acids is 1.